The second kappa shape index (κ2) is 10.6. The van der Waals surface area contributed by atoms with Gasteiger partial charge < -0.3 is 20.6 Å². The molecule has 10 heteroatoms. The number of pyridine rings is 2. The molecular weight excluding hydrogens is 437 g/mol. The fourth-order valence-electron chi connectivity index (χ4n) is 3.56. The van der Waals surface area contributed by atoms with Crippen LogP contribution in [0.3, 0.4) is 0 Å². The average molecular weight is 464 g/mol. The Morgan fingerprint density at radius 1 is 0.968 bits per heavy atom. The summed E-state index contributed by atoms with van der Waals surface area (Å²) < 4.78 is 0. The summed E-state index contributed by atoms with van der Waals surface area (Å²) in [6, 6.07) is 10.0. The van der Waals surface area contributed by atoms with Gasteiger partial charge in [0.2, 0.25) is 0 Å². The summed E-state index contributed by atoms with van der Waals surface area (Å²) in [6.07, 6.45) is 3.40. The first-order valence-electron chi connectivity index (χ1n) is 9.72. The Bertz CT molecular complexity index is 976. The summed E-state index contributed by atoms with van der Waals surface area (Å²) in [4.78, 5) is 10.8. The first kappa shape index (κ1) is 24.6. The Balaban J connectivity index is 0.00000171. The average Bonchev–Trinajstić information content (AvgIpc) is 2.69. The topological polar surface area (TPSA) is 99.1 Å². The van der Waals surface area contributed by atoms with Crippen LogP contribution in [0.5, 0.6) is 5.75 Å². The molecule has 31 heavy (non-hydrogen) atoms. The summed E-state index contributed by atoms with van der Waals surface area (Å²) in [7, 11) is 0. The molecule has 0 aromatic carbocycles. The van der Waals surface area contributed by atoms with E-state index in [1.54, 1.807) is 18.5 Å². The Labute approximate surface area is 194 Å². The molecular formula is C21H27Cl2N7O. The van der Waals surface area contributed by atoms with E-state index in [1.165, 1.54) is 0 Å². The van der Waals surface area contributed by atoms with E-state index in [4.69, 9.17) is 0 Å². The molecule has 3 N–H and O–H groups in total. The van der Waals surface area contributed by atoms with Crippen LogP contribution in [0.25, 0.3) is 11.4 Å². The van der Waals surface area contributed by atoms with Crippen molar-refractivity contribution in [3.05, 3.63) is 48.4 Å². The van der Waals surface area contributed by atoms with E-state index >= 15 is 0 Å². The van der Waals surface area contributed by atoms with Crippen molar-refractivity contribution in [3.8, 4) is 17.1 Å². The van der Waals surface area contributed by atoms with Crippen molar-refractivity contribution in [2.24, 2.45) is 0 Å². The van der Waals surface area contributed by atoms with E-state index in [-0.39, 0.29) is 30.6 Å². The van der Waals surface area contributed by atoms with Crippen molar-refractivity contribution in [2.75, 3.05) is 23.3 Å². The van der Waals surface area contributed by atoms with Gasteiger partial charge in [-0.25, -0.2) is 4.98 Å². The maximum atomic E-state index is 10.4. The molecule has 0 unspecified atom stereocenters. The van der Waals surface area contributed by atoms with Crippen LogP contribution in [-0.2, 0) is 0 Å². The smallest absolute Gasteiger partial charge is 0.151 e. The molecule has 1 aliphatic heterocycles. The zero-order valence-corrected chi connectivity index (χ0v) is 19.2. The highest BCUT2D eigenvalue weighted by molar-refractivity contribution is 5.85. The molecule has 4 rings (SSSR count). The van der Waals surface area contributed by atoms with Crippen molar-refractivity contribution in [1.82, 2.24) is 25.5 Å². The van der Waals surface area contributed by atoms with Gasteiger partial charge in [-0.2, -0.15) is 0 Å². The van der Waals surface area contributed by atoms with E-state index in [2.05, 4.69) is 49.5 Å². The predicted octanol–water partition coefficient (Wildman–Crippen LogP) is 3.72. The van der Waals surface area contributed by atoms with Gasteiger partial charge in [0, 0.05) is 36.9 Å². The van der Waals surface area contributed by atoms with Crippen LogP contribution in [0, 0.1) is 6.92 Å². The highest BCUT2D eigenvalue weighted by Crippen LogP contribution is 2.29. The molecule has 3 aromatic rings. The van der Waals surface area contributed by atoms with E-state index in [1.807, 2.05) is 31.2 Å². The molecule has 2 atom stereocenters. The molecule has 0 saturated carbocycles. The van der Waals surface area contributed by atoms with Crippen LogP contribution in [0.1, 0.15) is 19.5 Å². The molecule has 1 aliphatic rings. The van der Waals surface area contributed by atoms with Gasteiger partial charge in [-0.3, -0.25) is 4.98 Å². The van der Waals surface area contributed by atoms with Crippen LogP contribution in [0.4, 0.5) is 17.2 Å². The molecule has 1 saturated heterocycles. The van der Waals surface area contributed by atoms with Crippen LogP contribution >= 0.6 is 24.8 Å². The fraction of sp³-hybridized carbons (Fsp3) is 0.333. The molecule has 0 bridgehead atoms. The van der Waals surface area contributed by atoms with Gasteiger partial charge in [-0.15, -0.1) is 35.0 Å². The number of aromatic nitrogens is 4. The molecule has 0 spiro atoms. The molecule has 3 aromatic heterocycles. The second-order valence-electron chi connectivity index (χ2n) is 7.56. The lowest BCUT2D eigenvalue weighted by molar-refractivity contribution is 0.404. The Kier molecular flexibility index (Phi) is 8.38. The zero-order valence-electron chi connectivity index (χ0n) is 17.6. The van der Waals surface area contributed by atoms with Crippen molar-refractivity contribution < 1.29 is 5.11 Å². The van der Waals surface area contributed by atoms with E-state index in [0.717, 1.165) is 30.3 Å². The largest absolute Gasteiger partial charge is 0.506 e. The number of halogens is 2. The summed E-state index contributed by atoms with van der Waals surface area (Å²) in [5.41, 5.74) is 3.38. The molecule has 1 fully saturated rings. The van der Waals surface area contributed by atoms with Crippen LogP contribution in [0.2, 0.25) is 0 Å². The van der Waals surface area contributed by atoms with E-state index in [9.17, 15) is 5.11 Å². The van der Waals surface area contributed by atoms with Crippen molar-refractivity contribution in [2.45, 2.75) is 32.9 Å². The number of rotatable bonds is 4. The summed E-state index contributed by atoms with van der Waals surface area (Å²) in [5, 5.41) is 25.8. The Morgan fingerprint density at radius 2 is 1.68 bits per heavy atom. The van der Waals surface area contributed by atoms with Crippen molar-refractivity contribution in [1.29, 1.82) is 0 Å². The molecule has 166 valence electrons. The first-order valence-corrected chi connectivity index (χ1v) is 9.72. The quantitative estimate of drug-likeness (QED) is 0.538. The predicted molar refractivity (Wildman–Crippen MR) is 128 cm³/mol. The number of nitrogens with zero attached hydrogens (tertiary/aromatic N) is 5. The molecule has 0 amide bonds. The number of piperazine rings is 1. The maximum Gasteiger partial charge on any atom is 0.151 e. The number of hydrogen-bond acceptors (Lipinski definition) is 8. The number of aromatic hydroxyl groups is 1. The number of hydrogen-bond donors (Lipinski definition) is 3. The third kappa shape index (κ3) is 5.94. The van der Waals surface area contributed by atoms with Gasteiger partial charge in [-0.1, -0.05) is 0 Å². The zero-order chi connectivity index (χ0) is 20.4. The maximum absolute atomic E-state index is 10.4. The molecule has 8 nitrogen and oxygen atoms in total. The third-order valence-corrected chi connectivity index (χ3v) is 4.84. The number of aryl methyl sites for hydroxylation is 1. The van der Waals surface area contributed by atoms with Gasteiger partial charge in [0.05, 0.1) is 23.8 Å². The lowest BCUT2D eigenvalue weighted by atomic mass is 10.1. The van der Waals surface area contributed by atoms with Gasteiger partial charge in [0.1, 0.15) is 17.1 Å². The second-order valence-corrected chi connectivity index (χ2v) is 7.56. The van der Waals surface area contributed by atoms with E-state index < -0.39 is 0 Å². The van der Waals surface area contributed by atoms with Crippen LogP contribution in [-0.4, -0.2) is 50.4 Å². The fourth-order valence-corrected chi connectivity index (χ4v) is 3.56. The van der Waals surface area contributed by atoms with Crippen LogP contribution < -0.4 is 15.5 Å². The molecule has 4 heterocycles. The third-order valence-electron chi connectivity index (χ3n) is 4.84. The minimum Gasteiger partial charge on any atom is -0.506 e. The van der Waals surface area contributed by atoms with Gasteiger partial charge in [0.25, 0.3) is 0 Å². The standard InChI is InChI=1S/C21H25N7O.2ClH/c1-13-4-5-16(9-22-13)25-17-8-19(29)21(23-10-17)18-6-7-20(27-26-18)28-11-14(2)24-15(3)12-28;;/h4-10,14-15,24-25,29H,11-12H2,1-3H3;2*1H/t14-,15+;;. The normalized spacial score (nSPS) is 18.0. The minimum atomic E-state index is 0. The molecule has 0 aliphatic carbocycles. The lowest BCUT2D eigenvalue weighted by Gasteiger charge is -2.36. The van der Waals surface area contributed by atoms with Gasteiger partial charge >= 0.3 is 0 Å². The Morgan fingerprint density at radius 3 is 2.26 bits per heavy atom. The van der Waals surface area contributed by atoms with E-state index in [0.29, 0.717) is 29.2 Å². The minimum absolute atomic E-state index is 0. The molecule has 0 radical (unpaired) electrons. The summed E-state index contributed by atoms with van der Waals surface area (Å²) in [6.45, 7) is 8.02. The highest BCUT2D eigenvalue weighted by atomic mass is 35.5. The van der Waals surface area contributed by atoms with Crippen molar-refractivity contribution >= 4 is 42.0 Å². The van der Waals surface area contributed by atoms with Gasteiger partial charge in [0.15, 0.2) is 5.82 Å². The van der Waals surface area contributed by atoms with Crippen LogP contribution in [0.15, 0.2) is 42.7 Å². The number of anilines is 3. The number of nitrogens with one attached hydrogen (secondary N) is 2. The SMILES string of the molecule is Cc1ccc(Nc2cnc(-c3ccc(N4C[C@@H](C)N[C@@H](C)C4)nn3)c(O)c2)cn1.Cl.Cl. The lowest BCUT2D eigenvalue weighted by Crippen LogP contribution is -2.54. The monoisotopic (exact) mass is 463 g/mol. The highest BCUT2D eigenvalue weighted by Gasteiger charge is 2.22. The summed E-state index contributed by atoms with van der Waals surface area (Å²) in [5.74, 6) is 0.875. The Hall–Kier alpha value is -2.68. The summed E-state index contributed by atoms with van der Waals surface area (Å²) >= 11 is 0. The first-order chi connectivity index (χ1) is 14.0. The van der Waals surface area contributed by atoms with Crippen molar-refractivity contribution in [3.63, 3.8) is 0 Å². The van der Waals surface area contributed by atoms with Gasteiger partial charge in [-0.05, 0) is 45.0 Å².